The molecule has 1 unspecified atom stereocenters. The van der Waals surface area contributed by atoms with Crippen molar-refractivity contribution in [2.24, 2.45) is 0 Å². The van der Waals surface area contributed by atoms with E-state index in [1.165, 1.54) is 6.07 Å². The zero-order chi connectivity index (χ0) is 18.2. The van der Waals surface area contributed by atoms with Gasteiger partial charge in [-0.2, -0.15) is 0 Å². The second-order valence-electron chi connectivity index (χ2n) is 5.48. The molecule has 1 aliphatic rings. The Morgan fingerprint density at radius 1 is 1.24 bits per heavy atom. The number of nitrogens with one attached hydrogen (secondary N) is 1. The topological polar surface area (TPSA) is 75.7 Å². The number of fused-ring (bicyclic) bond motifs is 1. The third kappa shape index (κ3) is 3.84. The maximum atomic E-state index is 12.6. The molecule has 2 aromatic rings. The number of anilines is 2. The summed E-state index contributed by atoms with van der Waals surface area (Å²) in [6, 6.07) is 11.3. The standard InChI is InChI=1S/C16H14Cl2N2O4S/c1-25(22,23)20-9-15(24-14-5-3-2-4-13(14)20)16(21)19-12-8-10(17)6-7-11(12)18/h2-8,15H,9H2,1H3,(H,19,21). The molecule has 3 rings (SSSR count). The molecule has 1 atom stereocenters. The van der Waals surface area contributed by atoms with Crippen LogP contribution in [0.1, 0.15) is 0 Å². The van der Waals surface area contributed by atoms with Gasteiger partial charge >= 0.3 is 0 Å². The van der Waals surface area contributed by atoms with Crippen LogP contribution in [0.3, 0.4) is 0 Å². The number of hydrogen-bond acceptors (Lipinski definition) is 4. The number of halogens is 2. The molecule has 0 fully saturated rings. The summed E-state index contributed by atoms with van der Waals surface area (Å²) in [5.41, 5.74) is 0.724. The molecule has 6 nitrogen and oxygen atoms in total. The molecule has 0 saturated heterocycles. The summed E-state index contributed by atoms with van der Waals surface area (Å²) >= 11 is 11.9. The Balaban J connectivity index is 1.88. The smallest absolute Gasteiger partial charge is 0.267 e. The van der Waals surface area contributed by atoms with Crippen molar-refractivity contribution >= 4 is 50.5 Å². The monoisotopic (exact) mass is 400 g/mol. The van der Waals surface area contributed by atoms with Crippen LogP contribution in [0.2, 0.25) is 10.0 Å². The van der Waals surface area contributed by atoms with Crippen molar-refractivity contribution in [3.05, 3.63) is 52.5 Å². The highest BCUT2D eigenvalue weighted by molar-refractivity contribution is 7.92. The Morgan fingerprint density at radius 2 is 1.96 bits per heavy atom. The van der Waals surface area contributed by atoms with E-state index >= 15 is 0 Å². The van der Waals surface area contributed by atoms with Gasteiger partial charge in [0, 0.05) is 5.02 Å². The predicted molar refractivity (Wildman–Crippen MR) is 98.1 cm³/mol. The van der Waals surface area contributed by atoms with Crippen LogP contribution in [-0.2, 0) is 14.8 Å². The number of rotatable bonds is 3. The molecule has 1 amide bonds. The molecule has 1 aliphatic heterocycles. The van der Waals surface area contributed by atoms with Crippen LogP contribution in [0, 0.1) is 0 Å². The number of carbonyl (C=O) groups excluding carboxylic acids is 1. The molecular weight excluding hydrogens is 387 g/mol. The summed E-state index contributed by atoms with van der Waals surface area (Å²) in [5, 5.41) is 3.35. The maximum Gasteiger partial charge on any atom is 0.267 e. The third-order valence-electron chi connectivity index (χ3n) is 3.61. The molecule has 1 N–H and O–H groups in total. The van der Waals surface area contributed by atoms with Crippen molar-refractivity contribution < 1.29 is 17.9 Å². The Morgan fingerprint density at radius 3 is 2.68 bits per heavy atom. The Labute approximate surface area is 155 Å². The molecular formula is C16H14Cl2N2O4S. The van der Waals surface area contributed by atoms with E-state index in [0.717, 1.165) is 10.6 Å². The number of sulfonamides is 1. The zero-order valence-corrected chi connectivity index (χ0v) is 15.4. The van der Waals surface area contributed by atoms with E-state index in [2.05, 4.69) is 5.32 Å². The lowest BCUT2D eigenvalue weighted by molar-refractivity contribution is -0.122. The van der Waals surface area contributed by atoms with E-state index in [1.807, 2.05) is 0 Å². The summed E-state index contributed by atoms with van der Waals surface area (Å²) < 4.78 is 31.0. The minimum absolute atomic E-state index is 0.139. The van der Waals surface area contributed by atoms with Crippen molar-refractivity contribution in [2.75, 3.05) is 22.4 Å². The van der Waals surface area contributed by atoms with Gasteiger partial charge in [0.25, 0.3) is 5.91 Å². The van der Waals surface area contributed by atoms with E-state index in [4.69, 9.17) is 27.9 Å². The van der Waals surface area contributed by atoms with Gasteiger partial charge in [-0.05, 0) is 30.3 Å². The van der Waals surface area contributed by atoms with Gasteiger partial charge in [0.15, 0.2) is 6.10 Å². The SMILES string of the molecule is CS(=O)(=O)N1CC(C(=O)Nc2cc(Cl)ccc2Cl)Oc2ccccc21. The first-order valence-corrected chi connectivity index (χ1v) is 9.85. The average molecular weight is 401 g/mol. The second-order valence-corrected chi connectivity index (χ2v) is 8.23. The largest absolute Gasteiger partial charge is 0.476 e. The third-order valence-corrected chi connectivity index (χ3v) is 5.32. The van der Waals surface area contributed by atoms with E-state index in [9.17, 15) is 13.2 Å². The fourth-order valence-electron chi connectivity index (χ4n) is 2.46. The van der Waals surface area contributed by atoms with E-state index in [0.29, 0.717) is 27.2 Å². The molecule has 0 aromatic heterocycles. The van der Waals surface area contributed by atoms with Crippen LogP contribution in [0.5, 0.6) is 5.75 Å². The minimum atomic E-state index is -3.57. The quantitative estimate of drug-likeness (QED) is 0.858. The number of amides is 1. The van der Waals surface area contributed by atoms with Gasteiger partial charge in [-0.1, -0.05) is 35.3 Å². The molecule has 2 aromatic carbocycles. The number of ether oxygens (including phenoxy) is 1. The van der Waals surface area contributed by atoms with Crippen molar-refractivity contribution in [3.63, 3.8) is 0 Å². The Hall–Kier alpha value is -1.96. The molecule has 132 valence electrons. The summed E-state index contributed by atoms with van der Waals surface area (Å²) in [6.07, 6.45) is 0.0532. The fourth-order valence-corrected chi connectivity index (χ4v) is 3.71. The van der Waals surface area contributed by atoms with Crippen molar-refractivity contribution in [1.29, 1.82) is 0 Å². The molecule has 0 aliphatic carbocycles. The van der Waals surface area contributed by atoms with Crippen LogP contribution in [0.25, 0.3) is 0 Å². The lowest BCUT2D eigenvalue weighted by atomic mass is 10.2. The highest BCUT2D eigenvalue weighted by Crippen LogP contribution is 2.35. The highest BCUT2D eigenvalue weighted by atomic mass is 35.5. The molecule has 25 heavy (non-hydrogen) atoms. The summed E-state index contributed by atoms with van der Waals surface area (Å²) in [5.74, 6) is -0.205. The summed E-state index contributed by atoms with van der Waals surface area (Å²) in [6.45, 7) is -0.139. The van der Waals surface area contributed by atoms with Gasteiger partial charge in [-0.25, -0.2) is 8.42 Å². The number of benzene rings is 2. The van der Waals surface area contributed by atoms with Gasteiger partial charge in [-0.3, -0.25) is 9.10 Å². The molecule has 0 bridgehead atoms. The Kier molecular flexibility index (Phi) is 4.81. The molecule has 9 heteroatoms. The van der Waals surface area contributed by atoms with Gasteiger partial charge in [0.2, 0.25) is 10.0 Å². The van der Waals surface area contributed by atoms with Gasteiger partial charge < -0.3 is 10.1 Å². The number of para-hydroxylation sites is 2. The molecule has 1 heterocycles. The molecule has 0 spiro atoms. The first-order chi connectivity index (χ1) is 11.8. The van der Waals surface area contributed by atoms with Crippen LogP contribution in [0.4, 0.5) is 11.4 Å². The number of nitrogens with zero attached hydrogens (tertiary/aromatic N) is 1. The molecule has 0 saturated carbocycles. The van der Waals surface area contributed by atoms with Crippen molar-refractivity contribution in [2.45, 2.75) is 6.10 Å². The second kappa shape index (κ2) is 6.74. The lowest BCUT2D eigenvalue weighted by Crippen LogP contribution is -2.48. The van der Waals surface area contributed by atoms with Gasteiger partial charge in [0.1, 0.15) is 5.75 Å². The van der Waals surface area contributed by atoms with Gasteiger partial charge in [-0.15, -0.1) is 0 Å². The zero-order valence-electron chi connectivity index (χ0n) is 13.1. The maximum absolute atomic E-state index is 12.6. The van der Waals surface area contributed by atoms with Crippen molar-refractivity contribution in [1.82, 2.24) is 0 Å². The van der Waals surface area contributed by atoms with Crippen LogP contribution >= 0.6 is 23.2 Å². The van der Waals surface area contributed by atoms with E-state index in [-0.39, 0.29) is 6.54 Å². The normalized spacial score (nSPS) is 16.8. The summed E-state index contributed by atoms with van der Waals surface area (Å²) in [4.78, 5) is 12.6. The fraction of sp³-hybridized carbons (Fsp3) is 0.188. The number of hydrogen-bond donors (Lipinski definition) is 1. The predicted octanol–water partition coefficient (Wildman–Crippen LogP) is 3.16. The molecule has 0 radical (unpaired) electrons. The minimum Gasteiger partial charge on any atom is -0.476 e. The van der Waals surface area contributed by atoms with Gasteiger partial charge in [0.05, 0.1) is 29.2 Å². The summed E-state index contributed by atoms with van der Waals surface area (Å²) in [7, 11) is -3.57. The van der Waals surface area contributed by atoms with Crippen LogP contribution in [-0.4, -0.2) is 33.2 Å². The highest BCUT2D eigenvalue weighted by Gasteiger charge is 2.35. The average Bonchev–Trinajstić information content (AvgIpc) is 2.56. The first kappa shape index (κ1) is 17.8. The Bertz CT molecular complexity index is 933. The van der Waals surface area contributed by atoms with E-state index < -0.39 is 22.0 Å². The first-order valence-electron chi connectivity index (χ1n) is 7.25. The number of carbonyl (C=O) groups is 1. The van der Waals surface area contributed by atoms with Crippen molar-refractivity contribution in [3.8, 4) is 5.75 Å². The van der Waals surface area contributed by atoms with Crippen LogP contribution in [0.15, 0.2) is 42.5 Å². The van der Waals surface area contributed by atoms with Crippen LogP contribution < -0.4 is 14.4 Å². The lowest BCUT2D eigenvalue weighted by Gasteiger charge is -2.33. The van der Waals surface area contributed by atoms with E-state index in [1.54, 1.807) is 36.4 Å².